The highest BCUT2D eigenvalue weighted by Crippen LogP contribution is 2.31. The van der Waals surface area contributed by atoms with Crippen molar-refractivity contribution in [3.63, 3.8) is 0 Å². The van der Waals surface area contributed by atoms with Crippen LogP contribution in [0.4, 0.5) is 8.78 Å². The Balaban J connectivity index is 1.87. The first-order chi connectivity index (χ1) is 11.9. The number of sulfone groups is 1. The van der Waals surface area contributed by atoms with Gasteiger partial charge in [-0.1, -0.05) is 30.3 Å². The van der Waals surface area contributed by atoms with Gasteiger partial charge in [-0.2, -0.15) is 0 Å². The number of carbonyl (C=O) groups is 1. The Kier molecular flexibility index (Phi) is 4.85. The van der Waals surface area contributed by atoms with Crippen LogP contribution in [0.15, 0.2) is 48.5 Å². The normalized spacial score (nSPS) is 20.1. The molecule has 3 rings (SSSR count). The molecule has 1 fully saturated rings. The Morgan fingerprint density at radius 2 is 1.60 bits per heavy atom. The summed E-state index contributed by atoms with van der Waals surface area (Å²) >= 11 is 0. The van der Waals surface area contributed by atoms with Gasteiger partial charge in [-0.3, -0.25) is 4.79 Å². The lowest BCUT2D eigenvalue weighted by Gasteiger charge is -2.20. The second-order valence-corrected chi connectivity index (χ2v) is 8.24. The van der Waals surface area contributed by atoms with Crippen molar-refractivity contribution in [1.29, 1.82) is 0 Å². The fourth-order valence-corrected chi connectivity index (χ4v) is 4.84. The van der Waals surface area contributed by atoms with Crippen molar-refractivity contribution in [2.45, 2.75) is 11.7 Å². The topological polar surface area (TPSA) is 54.5 Å². The van der Waals surface area contributed by atoms with Crippen molar-refractivity contribution in [3.05, 3.63) is 71.3 Å². The molecule has 2 aromatic carbocycles. The molecule has 1 saturated heterocycles. The number of amides is 1. The van der Waals surface area contributed by atoms with Crippen LogP contribution in [0.1, 0.15) is 27.6 Å². The zero-order chi connectivity index (χ0) is 18.0. The van der Waals surface area contributed by atoms with Gasteiger partial charge in [0, 0.05) is 18.7 Å². The molecule has 0 spiro atoms. The van der Waals surface area contributed by atoms with Crippen molar-refractivity contribution in [2.24, 2.45) is 0 Å². The highest BCUT2D eigenvalue weighted by Gasteiger charge is 2.34. The SMILES string of the molecule is O=C(c1ccccc1F)N1CCC(c2ccccc2F)S(=O)(=O)CC1. The van der Waals surface area contributed by atoms with Gasteiger partial charge in [0.2, 0.25) is 0 Å². The lowest BCUT2D eigenvalue weighted by atomic mass is 10.1. The minimum atomic E-state index is -3.62. The zero-order valence-corrected chi connectivity index (χ0v) is 14.2. The highest BCUT2D eigenvalue weighted by atomic mass is 32.2. The molecule has 0 N–H and O–H groups in total. The van der Waals surface area contributed by atoms with E-state index >= 15 is 0 Å². The van der Waals surface area contributed by atoms with Gasteiger partial charge in [0.15, 0.2) is 9.84 Å². The van der Waals surface area contributed by atoms with Crippen LogP contribution in [0.25, 0.3) is 0 Å². The summed E-state index contributed by atoms with van der Waals surface area (Å²) in [4.78, 5) is 13.8. The van der Waals surface area contributed by atoms with Crippen LogP contribution in [-0.2, 0) is 9.84 Å². The molecule has 1 atom stereocenters. The number of carbonyl (C=O) groups excluding carboxylic acids is 1. The van der Waals surface area contributed by atoms with Crippen molar-refractivity contribution in [3.8, 4) is 0 Å². The summed E-state index contributed by atoms with van der Waals surface area (Å²) < 4.78 is 53.0. The molecule has 0 radical (unpaired) electrons. The number of benzene rings is 2. The maximum atomic E-state index is 14.0. The fraction of sp³-hybridized carbons (Fsp3) is 0.278. The van der Waals surface area contributed by atoms with Crippen LogP contribution < -0.4 is 0 Å². The molecule has 2 aromatic rings. The summed E-state index contributed by atoms with van der Waals surface area (Å²) in [6.07, 6.45) is 0.0729. The Morgan fingerprint density at radius 3 is 2.28 bits per heavy atom. The summed E-state index contributed by atoms with van der Waals surface area (Å²) in [7, 11) is -3.62. The minimum Gasteiger partial charge on any atom is -0.337 e. The standard InChI is InChI=1S/C18H17F2NO3S/c19-15-7-3-1-5-13(15)17-9-10-21(11-12-25(17,23)24)18(22)14-6-2-4-8-16(14)20/h1-8,17H,9-12H2. The number of nitrogens with zero attached hydrogens (tertiary/aromatic N) is 1. The zero-order valence-electron chi connectivity index (χ0n) is 13.4. The average Bonchev–Trinajstić information content (AvgIpc) is 2.74. The van der Waals surface area contributed by atoms with Gasteiger partial charge in [0.1, 0.15) is 11.6 Å². The van der Waals surface area contributed by atoms with E-state index in [1.54, 1.807) is 12.1 Å². The molecule has 1 aliphatic rings. The Hall–Kier alpha value is -2.28. The van der Waals surface area contributed by atoms with Crippen LogP contribution in [-0.4, -0.2) is 38.1 Å². The first kappa shape index (κ1) is 17.5. The molecule has 4 nitrogen and oxygen atoms in total. The molecule has 0 aromatic heterocycles. The van der Waals surface area contributed by atoms with E-state index in [2.05, 4.69) is 0 Å². The van der Waals surface area contributed by atoms with Crippen molar-refractivity contribution >= 4 is 15.7 Å². The Morgan fingerprint density at radius 1 is 0.960 bits per heavy atom. The van der Waals surface area contributed by atoms with Gasteiger partial charge in [0.25, 0.3) is 5.91 Å². The summed E-state index contributed by atoms with van der Waals surface area (Å²) in [6.45, 7) is 0.0753. The first-order valence-corrected chi connectivity index (χ1v) is 9.61. The van der Waals surface area contributed by atoms with E-state index in [1.807, 2.05) is 0 Å². The van der Waals surface area contributed by atoms with Gasteiger partial charge in [-0.15, -0.1) is 0 Å². The molecule has 0 bridgehead atoms. The minimum absolute atomic E-state index is 0.0412. The lowest BCUT2D eigenvalue weighted by Crippen LogP contribution is -2.34. The third kappa shape index (κ3) is 3.56. The summed E-state index contributed by atoms with van der Waals surface area (Å²) in [5.74, 6) is -2.07. The quantitative estimate of drug-likeness (QED) is 0.822. The van der Waals surface area contributed by atoms with Crippen LogP contribution >= 0.6 is 0 Å². The molecule has 7 heteroatoms. The first-order valence-electron chi connectivity index (χ1n) is 7.90. The number of hydrogen-bond acceptors (Lipinski definition) is 3. The molecule has 132 valence electrons. The van der Waals surface area contributed by atoms with E-state index in [1.165, 1.54) is 41.3 Å². The van der Waals surface area contributed by atoms with Crippen LogP contribution in [0.5, 0.6) is 0 Å². The molecule has 0 aliphatic carbocycles. The van der Waals surface area contributed by atoms with Crippen LogP contribution in [0.3, 0.4) is 0 Å². The van der Waals surface area contributed by atoms with E-state index in [-0.39, 0.29) is 36.4 Å². The molecule has 1 aliphatic heterocycles. The highest BCUT2D eigenvalue weighted by molar-refractivity contribution is 7.91. The molecule has 25 heavy (non-hydrogen) atoms. The van der Waals surface area contributed by atoms with Crippen LogP contribution in [0.2, 0.25) is 0 Å². The van der Waals surface area contributed by atoms with E-state index in [0.29, 0.717) is 0 Å². The van der Waals surface area contributed by atoms with Crippen LogP contribution in [0, 0.1) is 11.6 Å². The largest absolute Gasteiger partial charge is 0.337 e. The van der Waals surface area contributed by atoms with Gasteiger partial charge in [0.05, 0.1) is 16.6 Å². The fourth-order valence-electron chi connectivity index (χ4n) is 3.04. The van der Waals surface area contributed by atoms with Crippen molar-refractivity contribution < 1.29 is 22.0 Å². The predicted molar refractivity (Wildman–Crippen MR) is 89.8 cm³/mol. The van der Waals surface area contributed by atoms with E-state index < -0.39 is 32.6 Å². The lowest BCUT2D eigenvalue weighted by molar-refractivity contribution is 0.0762. The van der Waals surface area contributed by atoms with Crippen molar-refractivity contribution in [2.75, 3.05) is 18.8 Å². The number of hydrogen-bond donors (Lipinski definition) is 0. The van der Waals surface area contributed by atoms with Gasteiger partial charge < -0.3 is 4.90 Å². The molecular formula is C18H17F2NO3S. The number of rotatable bonds is 2. The smallest absolute Gasteiger partial charge is 0.256 e. The summed E-state index contributed by atoms with van der Waals surface area (Å²) in [5.41, 5.74) is 0.0203. The van der Waals surface area contributed by atoms with E-state index in [9.17, 15) is 22.0 Å². The molecule has 0 saturated carbocycles. The third-order valence-electron chi connectivity index (χ3n) is 4.38. The Labute approximate surface area is 145 Å². The van der Waals surface area contributed by atoms with E-state index in [4.69, 9.17) is 0 Å². The monoisotopic (exact) mass is 365 g/mol. The maximum absolute atomic E-state index is 14.0. The number of halogens is 2. The second-order valence-electron chi connectivity index (χ2n) is 5.94. The third-order valence-corrected chi connectivity index (χ3v) is 6.49. The van der Waals surface area contributed by atoms with Gasteiger partial charge in [-0.25, -0.2) is 17.2 Å². The summed E-state index contributed by atoms with van der Waals surface area (Å²) in [6, 6.07) is 11.3. The molecular weight excluding hydrogens is 348 g/mol. The van der Waals surface area contributed by atoms with Gasteiger partial charge in [-0.05, 0) is 24.6 Å². The van der Waals surface area contributed by atoms with Crippen molar-refractivity contribution in [1.82, 2.24) is 4.90 Å². The average molecular weight is 365 g/mol. The second kappa shape index (κ2) is 6.92. The molecule has 1 unspecified atom stereocenters. The maximum Gasteiger partial charge on any atom is 0.256 e. The predicted octanol–water partition coefficient (Wildman–Crippen LogP) is 2.97. The summed E-state index contributed by atoms with van der Waals surface area (Å²) in [5, 5.41) is -1.01. The molecule has 1 amide bonds. The van der Waals surface area contributed by atoms with Gasteiger partial charge >= 0.3 is 0 Å². The Bertz CT molecular complexity index is 899. The molecule has 1 heterocycles. The van der Waals surface area contributed by atoms with E-state index in [0.717, 1.165) is 0 Å².